The lowest BCUT2D eigenvalue weighted by atomic mass is 10.0. The first-order valence-corrected chi connectivity index (χ1v) is 7.72. The summed E-state index contributed by atoms with van der Waals surface area (Å²) in [6, 6.07) is 7.88. The van der Waals surface area contributed by atoms with Gasteiger partial charge in [-0.05, 0) is 36.6 Å². The van der Waals surface area contributed by atoms with E-state index in [9.17, 15) is 4.79 Å². The van der Waals surface area contributed by atoms with E-state index in [2.05, 4.69) is 35.1 Å². The van der Waals surface area contributed by atoms with Crippen LogP contribution in [0.3, 0.4) is 0 Å². The van der Waals surface area contributed by atoms with Crippen LogP contribution < -0.4 is 10.2 Å². The highest BCUT2D eigenvalue weighted by molar-refractivity contribution is 9.09. The Balaban J connectivity index is 2.71. The second kappa shape index (κ2) is 7.53. The van der Waals surface area contributed by atoms with E-state index in [1.54, 1.807) is 0 Å². The van der Waals surface area contributed by atoms with Crippen LogP contribution in [0.4, 0.5) is 5.69 Å². The van der Waals surface area contributed by atoms with Crippen molar-refractivity contribution in [3.8, 4) is 0 Å². The molecule has 1 aromatic carbocycles. The average Bonchev–Trinajstić information content (AvgIpc) is 2.38. The number of nitrogens with one attached hydrogen (secondary N) is 1. The highest BCUT2D eigenvalue weighted by atomic mass is 79.9. The van der Waals surface area contributed by atoms with Crippen LogP contribution >= 0.6 is 15.9 Å². The molecule has 1 amide bonds. The zero-order chi connectivity index (χ0) is 14.4. The molecule has 0 aliphatic heterocycles. The zero-order valence-corrected chi connectivity index (χ0v) is 13.7. The van der Waals surface area contributed by atoms with Gasteiger partial charge in [0.25, 0.3) is 5.91 Å². The van der Waals surface area contributed by atoms with Gasteiger partial charge in [0.1, 0.15) is 0 Å². The van der Waals surface area contributed by atoms with E-state index in [1.165, 1.54) is 0 Å². The quantitative estimate of drug-likeness (QED) is 0.813. The topological polar surface area (TPSA) is 32.3 Å². The Morgan fingerprint density at radius 1 is 1.26 bits per heavy atom. The first-order valence-electron chi connectivity index (χ1n) is 6.60. The number of alkyl halides is 1. The first-order chi connectivity index (χ1) is 8.95. The largest absolute Gasteiger partial charge is 0.378 e. The van der Waals surface area contributed by atoms with Gasteiger partial charge in [0.2, 0.25) is 0 Å². The Hall–Kier alpha value is -1.03. The lowest BCUT2D eigenvalue weighted by Crippen LogP contribution is -2.38. The van der Waals surface area contributed by atoms with Crippen LogP contribution in [0.1, 0.15) is 30.6 Å². The van der Waals surface area contributed by atoms with Gasteiger partial charge < -0.3 is 10.2 Å². The van der Waals surface area contributed by atoms with Gasteiger partial charge in [0, 0.05) is 36.7 Å². The summed E-state index contributed by atoms with van der Waals surface area (Å²) in [6.45, 7) is 4.26. The maximum atomic E-state index is 12.2. The molecule has 1 N–H and O–H groups in total. The first kappa shape index (κ1) is 16.0. The van der Waals surface area contributed by atoms with Crippen molar-refractivity contribution in [2.45, 2.75) is 26.3 Å². The molecular weight excluding hydrogens is 304 g/mol. The molecule has 0 aliphatic rings. The van der Waals surface area contributed by atoms with Crippen LogP contribution in [0.5, 0.6) is 0 Å². The van der Waals surface area contributed by atoms with Gasteiger partial charge in [-0.15, -0.1) is 0 Å². The molecule has 1 atom stereocenters. The molecule has 1 unspecified atom stereocenters. The van der Waals surface area contributed by atoms with E-state index >= 15 is 0 Å². The summed E-state index contributed by atoms with van der Waals surface area (Å²) in [5.41, 5.74) is 1.81. The minimum absolute atomic E-state index is 0.00459. The van der Waals surface area contributed by atoms with Gasteiger partial charge in [-0.2, -0.15) is 0 Å². The number of carbonyl (C=O) groups excluding carboxylic acids is 1. The lowest BCUT2D eigenvalue weighted by molar-refractivity contribution is 0.0925. The third-order valence-electron chi connectivity index (χ3n) is 3.19. The summed E-state index contributed by atoms with van der Waals surface area (Å²) in [7, 11) is 3.97. The fourth-order valence-corrected chi connectivity index (χ4v) is 2.35. The molecule has 0 spiro atoms. The Morgan fingerprint density at radius 2 is 1.84 bits per heavy atom. The number of hydrogen-bond acceptors (Lipinski definition) is 2. The van der Waals surface area contributed by atoms with E-state index in [0.29, 0.717) is 11.5 Å². The van der Waals surface area contributed by atoms with Crippen LogP contribution in [0.2, 0.25) is 0 Å². The van der Waals surface area contributed by atoms with Gasteiger partial charge in [0.05, 0.1) is 0 Å². The molecule has 0 fully saturated rings. The van der Waals surface area contributed by atoms with Crippen LogP contribution in [0, 0.1) is 5.92 Å². The van der Waals surface area contributed by atoms with Gasteiger partial charge in [-0.25, -0.2) is 0 Å². The number of anilines is 1. The van der Waals surface area contributed by atoms with E-state index in [-0.39, 0.29) is 11.9 Å². The average molecular weight is 327 g/mol. The highest BCUT2D eigenvalue weighted by Crippen LogP contribution is 2.14. The molecule has 4 heteroatoms. The summed E-state index contributed by atoms with van der Waals surface area (Å²) in [5.74, 6) is 0.438. The normalized spacial score (nSPS) is 12.3. The van der Waals surface area contributed by atoms with Crippen molar-refractivity contribution in [2.24, 2.45) is 5.92 Å². The van der Waals surface area contributed by atoms with E-state index in [1.807, 2.05) is 43.3 Å². The number of halogens is 1. The van der Waals surface area contributed by atoms with Crippen LogP contribution in [0.15, 0.2) is 24.3 Å². The minimum Gasteiger partial charge on any atom is -0.378 e. The number of hydrogen-bond donors (Lipinski definition) is 1. The fourth-order valence-electron chi connectivity index (χ4n) is 1.85. The molecule has 1 aromatic rings. The van der Waals surface area contributed by atoms with Crippen molar-refractivity contribution in [2.75, 3.05) is 24.3 Å². The fraction of sp³-hybridized carbons (Fsp3) is 0.533. The summed E-state index contributed by atoms with van der Waals surface area (Å²) in [6.07, 6.45) is 0.944. The van der Waals surface area contributed by atoms with Crippen molar-refractivity contribution in [1.29, 1.82) is 0 Å². The number of rotatable bonds is 6. The second-order valence-electron chi connectivity index (χ2n) is 5.24. The highest BCUT2D eigenvalue weighted by Gasteiger charge is 2.16. The lowest BCUT2D eigenvalue weighted by Gasteiger charge is -2.21. The van der Waals surface area contributed by atoms with Crippen molar-refractivity contribution in [3.05, 3.63) is 29.8 Å². The molecular formula is C15H23BrN2O. The third-order valence-corrected chi connectivity index (χ3v) is 3.65. The van der Waals surface area contributed by atoms with Crippen LogP contribution in [-0.4, -0.2) is 31.4 Å². The predicted octanol–water partition coefficient (Wildman–Crippen LogP) is 3.29. The number of carbonyl (C=O) groups is 1. The SMILES string of the molecule is CC(C)C(CCBr)NC(=O)c1ccc(N(C)C)cc1. The molecule has 0 aromatic heterocycles. The molecule has 0 saturated carbocycles. The van der Waals surface area contributed by atoms with E-state index in [0.717, 1.165) is 17.4 Å². The molecule has 106 valence electrons. The zero-order valence-electron chi connectivity index (χ0n) is 12.1. The van der Waals surface area contributed by atoms with Crippen molar-refractivity contribution >= 4 is 27.5 Å². The van der Waals surface area contributed by atoms with Crippen molar-refractivity contribution < 1.29 is 4.79 Å². The van der Waals surface area contributed by atoms with Gasteiger partial charge >= 0.3 is 0 Å². The van der Waals surface area contributed by atoms with Gasteiger partial charge in [-0.3, -0.25) is 4.79 Å². The number of benzene rings is 1. The molecule has 0 radical (unpaired) electrons. The van der Waals surface area contributed by atoms with Crippen LogP contribution in [0.25, 0.3) is 0 Å². The maximum absolute atomic E-state index is 12.2. The molecule has 0 saturated heterocycles. The minimum atomic E-state index is 0.00459. The third kappa shape index (κ3) is 4.86. The van der Waals surface area contributed by atoms with Gasteiger partial charge in [-0.1, -0.05) is 29.8 Å². The van der Waals surface area contributed by atoms with Gasteiger partial charge in [0.15, 0.2) is 0 Å². The van der Waals surface area contributed by atoms with E-state index in [4.69, 9.17) is 0 Å². The summed E-state index contributed by atoms with van der Waals surface area (Å²) in [4.78, 5) is 14.2. The number of nitrogens with zero attached hydrogens (tertiary/aromatic N) is 1. The summed E-state index contributed by atoms with van der Waals surface area (Å²) < 4.78 is 0. The summed E-state index contributed by atoms with van der Waals surface area (Å²) in [5, 5.41) is 4.00. The smallest absolute Gasteiger partial charge is 0.251 e. The van der Waals surface area contributed by atoms with E-state index < -0.39 is 0 Å². The van der Waals surface area contributed by atoms with Crippen molar-refractivity contribution in [3.63, 3.8) is 0 Å². The molecule has 0 aliphatic carbocycles. The molecule has 1 rings (SSSR count). The molecule has 0 bridgehead atoms. The Morgan fingerprint density at radius 3 is 2.26 bits per heavy atom. The maximum Gasteiger partial charge on any atom is 0.251 e. The Bertz CT molecular complexity index is 401. The monoisotopic (exact) mass is 326 g/mol. The Labute approximate surface area is 124 Å². The van der Waals surface area contributed by atoms with Crippen molar-refractivity contribution in [1.82, 2.24) is 5.32 Å². The molecule has 19 heavy (non-hydrogen) atoms. The Kier molecular flexibility index (Phi) is 6.35. The summed E-state index contributed by atoms with van der Waals surface area (Å²) >= 11 is 3.43. The van der Waals surface area contributed by atoms with Crippen LogP contribution in [-0.2, 0) is 0 Å². The molecule has 3 nitrogen and oxygen atoms in total. The number of amides is 1. The molecule has 0 heterocycles. The standard InChI is InChI=1S/C15H23BrN2O/c1-11(2)14(9-10-16)17-15(19)12-5-7-13(8-6-12)18(3)4/h5-8,11,14H,9-10H2,1-4H3,(H,17,19). The second-order valence-corrected chi connectivity index (χ2v) is 6.04. The predicted molar refractivity (Wildman–Crippen MR) is 85.3 cm³/mol.